The van der Waals surface area contributed by atoms with E-state index in [0.717, 1.165) is 11.8 Å². The molecule has 2 aromatic rings. The zero-order chi connectivity index (χ0) is 15.3. The molecular formula is C16H19ClN4O. The average molecular weight is 319 g/mol. The first kappa shape index (κ1) is 14.0. The summed E-state index contributed by atoms with van der Waals surface area (Å²) in [6, 6.07) is 1.92. The van der Waals surface area contributed by atoms with Gasteiger partial charge in [0.05, 0.1) is 0 Å². The van der Waals surface area contributed by atoms with Gasteiger partial charge >= 0.3 is 0 Å². The molecule has 0 aromatic carbocycles. The van der Waals surface area contributed by atoms with Gasteiger partial charge in [0.2, 0.25) is 0 Å². The quantitative estimate of drug-likeness (QED) is 0.946. The highest BCUT2D eigenvalue weighted by Gasteiger charge is 2.42. The molecule has 0 spiro atoms. The van der Waals surface area contributed by atoms with Crippen molar-refractivity contribution in [3.63, 3.8) is 0 Å². The van der Waals surface area contributed by atoms with Gasteiger partial charge in [-0.25, -0.2) is 9.50 Å². The molecule has 2 aliphatic rings. The molecule has 2 bridgehead atoms. The Morgan fingerprint density at radius 3 is 3.00 bits per heavy atom. The number of fused-ring (bicyclic) bond motifs is 3. The van der Waals surface area contributed by atoms with Crippen molar-refractivity contribution in [1.82, 2.24) is 19.9 Å². The van der Waals surface area contributed by atoms with E-state index >= 15 is 0 Å². The van der Waals surface area contributed by atoms with Crippen LogP contribution in [0.4, 0.5) is 0 Å². The summed E-state index contributed by atoms with van der Waals surface area (Å²) in [5.41, 5.74) is 0.775. The Morgan fingerprint density at radius 2 is 2.32 bits per heavy atom. The predicted molar refractivity (Wildman–Crippen MR) is 83.9 cm³/mol. The molecule has 0 radical (unpaired) electrons. The second kappa shape index (κ2) is 5.23. The summed E-state index contributed by atoms with van der Waals surface area (Å²) >= 11 is 6.25. The lowest BCUT2D eigenvalue weighted by Crippen LogP contribution is -2.40. The molecule has 2 aromatic heterocycles. The number of amides is 1. The van der Waals surface area contributed by atoms with Gasteiger partial charge in [-0.2, -0.15) is 5.10 Å². The number of halogens is 1. The first-order valence-corrected chi connectivity index (χ1v) is 8.31. The van der Waals surface area contributed by atoms with E-state index in [9.17, 15) is 4.79 Å². The van der Waals surface area contributed by atoms with Gasteiger partial charge in [0.1, 0.15) is 5.02 Å². The molecular weight excluding hydrogens is 300 g/mol. The number of carbonyl (C=O) groups excluding carboxylic acids is 1. The van der Waals surface area contributed by atoms with Crippen molar-refractivity contribution in [2.24, 2.45) is 17.8 Å². The molecule has 4 atom stereocenters. The van der Waals surface area contributed by atoms with Crippen LogP contribution in [0.25, 0.3) is 5.65 Å². The summed E-state index contributed by atoms with van der Waals surface area (Å²) in [6.45, 7) is 2.10. The fourth-order valence-corrected chi connectivity index (χ4v) is 4.55. The van der Waals surface area contributed by atoms with Crippen LogP contribution in [0.5, 0.6) is 0 Å². The van der Waals surface area contributed by atoms with Crippen LogP contribution in [0.2, 0.25) is 5.02 Å². The molecule has 116 valence electrons. The van der Waals surface area contributed by atoms with Crippen LogP contribution >= 0.6 is 11.6 Å². The highest BCUT2D eigenvalue weighted by Crippen LogP contribution is 2.49. The molecule has 4 rings (SSSR count). The third-order valence-corrected chi connectivity index (χ3v) is 5.70. The van der Waals surface area contributed by atoms with Gasteiger partial charge in [0.25, 0.3) is 5.91 Å². The van der Waals surface area contributed by atoms with Gasteiger partial charge in [-0.15, -0.1) is 0 Å². The van der Waals surface area contributed by atoms with Crippen LogP contribution in [0.15, 0.2) is 18.5 Å². The van der Waals surface area contributed by atoms with Crippen molar-refractivity contribution in [2.45, 2.75) is 38.6 Å². The number of nitrogens with zero attached hydrogens (tertiary/aromatic N) is 3. The summed E-state index contributed by atoms with van der Waals surface area (Å²) in [5, 5.41) is 7.67. The van der Waals surface area contributed by atoms with Crippen LogP contribution in [0.1, 0.15) is 43.1 Å². The number of rotatable bonds is 3. The van der Waals surface area contributed by atoms with E-state index in [-0.39, 0.29) is 17.6 Å². The number of hydrogen-bond acceptors (Lipinski definition) is 3. The van der Waals surface area contributed by atoms with Crippen molar-refractivity contribution in [3.8, 4) is 0 Å². The lowest BCUT2D eigenvalue weighted by Gasteiger charge is -2.28. The van der Waals surface area contributed by atoms with E-state index < -0.39 is 0 Å². The second-order valence-corrected chi connectivity index (χ2v) is 7.03. The van der Waals surface area contributed by atoms with Gasteiger partial charge in [-0.05, 0) is 50.0 Å². The van der Waals surface area contributed by atoms with Crippen molar-refractivity contribution in [3.05, 3.63) is 29.2 Å². The monoisotopic (exact) mass is 318 g/mol. The fraction of sp³-hybridized carbons (Fsp3) is 0.562. The van der Waals surface area contributed by atoms with Gasteiger partial charge in [0, 0.05) is 18.4 Å². The summed E-state index contributed by atoms with van der Waals surface area (Å²) in [7, 11) is 0. The van der Waals surface area contributed by atoms with Crippen molar-refractivity contribution in [2.75, 3.05) is 0 Å². The minimum absolute atomic E-state index is 0.164. The zero-order valence-electron chi connectivity index (χ0n) is 12.5. The molecule has 0 aliphatic heterocycles. The maximum absolute atomic E-state index is 12.5. The Labute approximate surface area is 134 Å². The number of aromatic nitrogens is 3. The number of nitrogens with one attached hydrogen (secondary N) is 1. The van der Waals surface area contributed by atoms with E-state index in [1.807, 2.05) is 0 Å². The minimum Gasteiger partial charge on any atom is -0.348 e. The molecule has 2 aliphatic carbocycles. The summed E-state index contributed by atoms with van der Waals surface area (Å²) in [4.78, 5) is 16.7. The minimum atomic E-state index is -0.203. The molecule has 5 nitrogen and oxygen atoms in total. The Bertz CT molecular complexity index is 728. The standard InChI is InChI=1S/C16H19ClN4O/c1-9(12-8-10-3-4-11(12)7-10)19-16(22)14-13(17)15-18-5-2-6-21(15)20-14/h2,5-6,9-12H,3-4,7-8H2,1H3,(H,19,22)/t9-,10+,11+,12+/m1/s1. The molecule has 1 N–H and O–H groups in total. The molecule has 2 fully saturated rings. The first-order chi connectivity index (χ1) is 10.6. The fourth-order valence-electron chi connectivity index (χ4n) is 4.29. The highest BCUT2D eigenvalue weighted by atomic mass is 35.5. The smallest absolute Gasteiger partial charge is 0.273 e. The van der Waals surface area contributed by atoms with E-state index in [0.29, 0.717) is 16.6 Å². The average Bonchev–Trinajstić information content (AvgIpc) is 3.22. The predicted octanol–water partition coefficient (Wildman–Crippen LogP) is 2.94. The molecule has 0 unspecified atom stereocenters. The molecule has 2 saturated carbocycles. The zero-order valence-corrected chi connectivity index (χ0v) is 13.3. The second-order valence-electron chi connectivity index (χ2n) is 6.65. The van der Waals surface area contributed by atoms with Crippen LogP contribution in [-0.2, 0) is 0 Å². The lowest BCUT2D eigenvalue weighted by molar-refractivity contribution is 0.0910. The summed E-state index contributed by atoms with van der Waals surface area (Å²) in [5.74, 6) is 2.04. The first-order valence-electron chi connectivity index (χ1n) is 7.93. The van der Waals surface area contributed by atoms with E-state index in [1.54, 1.807) is 23.0 Å². The SMILES string of the molecule is C[C@@H](NC(=O)c1nn2cccnc2c1Cl)[C@@H]1C[C@H]2CC[C@H]1C2. The van der Waals surface area contributed by atoms with Crippen molar-refractivity contribution in [1.29, 1.82) is 0 Å². The van der Waals surface area contributed by atoms with Crippen LogP contribution in [0.3, 0.4) is 0 Å². The van der Waals surface area contributed by atoms with Crippen LogP contribution < -0.4 is 5.32 Å². The molecule has 0 saturated heterocycles. The lowest BCUT2D eigenvalue weighted by atomic mass is 9.84. The third kappa shape index (κ3) is 2.19. The third-order valence-electron chi connectivity index (χ3n) is 5.35. The molecule has 2 heterocycles. The Morgan fingerprint density at radius 1 is 1.45 bits per heavy atom. The molecule has 6 heteroatoms. The van der Waals surface area contributed by atoms with Crippen LogP contribution in [-0.4, -0.2) is 26.5 Å². The number of hydrogen-bond donors (Lipinski definition) is 1. The summed E-state index contributed by atoms with van der Waals surface area (Å²) < 4.78 is 1.54. The topological polar surface area (TPSA) is 59.3 Å². The Balaban J connectivity index is 1.52. The molecule has 22 heavy (non-hydrogen) atoms. The van der Waals surface area contributed by atoms with Gasteiger partial charge < -0.3 is 5.32 Å². The Hall–Kier alpha value is -1.62. The molecule has 1 amide bonds. The number of carbonyl (C=O) groups is 1. The van der Waals surface area contributed by atoms with Gasteiger partial charge in [-0.1, -0.05) is 18.0 Å². The van der Waals surface area contributed by atoms with Crippen molar-refractivity contribution >= 4 is 23.2 Å². The maximum Gasteiger partial charge on any atom is 0.273 e. The van der Waals surface area contributed by atoms with Crippen molar-refractivity contribution < 1.29 is 4.79 Å². The normalized spacial score (nSPS) is 28.2. The van der Waals surface area contributed by atoms with Gasteiger partial charge in [-0.3, -0.25) is 4.79 Å². The van der Waals surface area contributed by atoms with Gasteiger partial charge in [0.15, 0.2) is 11.3 Å². The van der Waals surface area contributed by atoms with E-state index in [4.69, 9.17) is 11.6 Å². The van der Waals surface area contributed by atoms with E-state index in [1.165, 1.54) is 25.7 Å². The Kier molecular flexibility index (Phi) is 3.33. The largest absolute Gasteiger partial charge is 0.348 e. The van der Waals surface area contributed by atoms with Crippen LogP contribution in [0, 0.1) is 17.8 Å². The summed E-state index contributed by atoms with van der Waals surface area (Å²) in [6.07, 6.45) is 8.64. The van der Waals surface area contributed by atoms with E-state index in [2.05, 4.69) is 22.3 Å². The highest BCUT2D eigenvalue weighted by molar-refractivity contribution is 6.36. The maximum atomic E-state index is 12.5.